The lowest BCUT2D eigenvalue weighted by Crippen LogP contribution is -2.10. The van der Waals surface area contributed by atoms with Crippen LogP contribution in [0.4, 0.5) is 13.2 Å². The van der Waals surface area contributed by atoms with Gasteiger partial charge < -0.3 is 4.74 Å². The summed E-state index contributed by atoms with van der Waals surface area (Å²) in [6.45, 7) is 1.22. The van der Waals surface area contributed by atoms with Crippen LogP contribution in [0.25, 0.3) is 0 Å². The molecule has 2 aromatic rings. The third-order valence-corrected chi connectivity index (χ3v) is 3.32. The molecule has 1 aromatic carbocycles. The molecule has 0 aliphatic heterocycles. The van der Waals surface area contributed by atoms with E-state index in [1.807, 2.05) is 0 Å². The molecule has 0 bridgehead atoms. The Morgan fingerprint density at radius 2 is 1.96 bits per heavy atom. The third kappa shape index (κ3) is 3.37. The van der Waals surface area contributed by atoms with Gasteiger partial charge in [-0.3, -0.25) is 4.79 Å². The lowest BCUT2D eigenvalue weighted by atomic mass is 10.2. The largest absolute Gasteiger partial charge is 0.461 e. The van der Waals surface area contributed by atoms with Gasteiger partial charge >= 0.3 is 5.97 Å². The van der Waals surface area contributed by atoms with Gasteiger partial charge in [0.15, 0.2) is 23.6 Å². The summed E-state index contributed by atoms with van der Waals surface area (Å²) < 4.78 is 45.4. The van der Waals surface area contributed by atoms with Crippen molar-refractivity contribution in [3.05, 3.63) is 51.6 Å². The van der Waals surface area contributed by atoms with Crippen LogP contribution in [-0.2, 0) is 11.3 Å². The number of carbonyl (C=O) groups excluding carboxylic acids is 2. The van der Waals surface area contributed by atoms with Crippen molar-refractivity contribution in [1.29, 1.82) is 0 Å². The second-order valence-electron chi connectivity index (χ2n) is 4.41. The van der Waals surface area contributed by atoms with Gasteiger partial charge in [0.2, 0.25) is 0 Å². The van der Waals surface area contributed by atoms with Gasteiger partial charge in [-0.2, -0.15) is 5.10 Å². The molecule has 0 atom stereocenters. The molecular weight excluding hydrogens is 337 g/mol. The molecule has 0 aliphatic carbocycles. The first-order valence-corrected chi connectivity index (χ1v) is 6.78. The molecule has 0 saturated heterocycles. The molecular formula is C14H10ClF3N2O3. The van der Waals surface area contributed by atoms with Gasteiger partial charge in [-0.1, -0.05) is 11.6 Å². The molecule has 0 amide bonds. The van der Waals surface area contributed by atoms with E-state index in [1.54, 1.807) is 6.92 Å². The predicted molar refractivity (Wildman–Crippen MR) is 74.0 cm³/mol. The monoisotopic (exact) mass is 346 g/mol. The van der Waals surface area contributed by atoms with Crippen molar-refractivity contribution in [2.24, 2.45) is 0 Å². The fourth-order valence-electron chi connectivity index (χ4n) is 1.86. The van der Waals surface area contributed by atoms with Gasteiger partial charge in [0.1, 0.15) is 11.0 Å². The third-order valence-electron chi connectivity index (χ3n) is 2.92. The molecule has 0 aliphatic rings. The van der Waals surface area contributed by atoms with E-state index in [1.165, 1.54) is 0 Å². The first-order chi connectivity index (χ1) is 10.9. The molecule has 23 heavy (non-hydrogen) atoms. The lowest BCUT2D eigenvalue weighted by molar-refractivity contribution is 0.0516. The predicted octanol–water partition coefficient (Wildman–Crippen LogP) is 2.99. The Labute approximate surface area is 133 Å². The minimum atomic E-state index is -1.33. The molecule has 1 aromatic heterocycles. The van der Waals surface area contributed by atoms with E-state index in [0.717, 1.165) is 4.68 Å². The van der Waals surface area contributed by atoms with Crippen molar-refractivity contribution in [3.8, 4) is 0 Å². The van der Waals surface area contributed by atoms with Gasteiger partial charge in [-0.25, -0.2) is 22.6 Å². The second kappa shape index (κ2) is 6.82. The maximum atomic E-state index is 13.7. The number of aromatic nitrogens is 2. The molecule has 0 N–H and O–H groups in total. The average Bonchev–Trinajstić information content (AvgIpc) is 2.81. The molecule has 0 unspecified atom stereocenters. The smallest absolute Gasteiger partial charge is 0.359 e. The van der Waals surface area contributed by atoms with Gasteiger partial charge in [0.25, 0.3) is 0 Å². The van der Waals surface area contributed by atoms with Crippen LogP contribution in [0.15, 0.2) is 12.1 Å². The van der Waals surface area contributed by atoms with E-state index >= 15 is 0 Å². The van der Waals surface area contributed by atoms with Crippen LogP contribution < -0.4 is 0 Å². The quantitative estimate of drug-likeness (QED) is 0.474. The maximum Gasteiger partial charge on any atom is 0.359 e. The molecule has 1 heterocycles. The molecule has 9 heteroatoms. The van der Waals surface area contributed by atoms with Crippen molar-refractivity contribution in [2.45, 2.75) is 13.5 Å². The second-order valence-corrected chi connectivity index (χ2v) is 4.76. The van der Waals surface area contributed by atoms with Gasteiger partial charge in [-0.05, 0) is 13.0 Å². The zero-order valence-corrected chi connectivity index (χ0v) is 12.5. The number of ether oxygens (including phenoxy) is 1. The lowest BCUT2D eigenvalue weighted by Gasteiger charge is -2.06. The molecule has 0 saturated carbocycles. The first kappa shape index (κ1) is 17.0. The van der Waals surface area contributed by atoms with Crippen LogP contribution >= 0.6 is 11.6 Å². The van der Waals surface area contributed by atoms with Crippen LogP contribution in [0.1, 0.15) is 33.3 Å². The summed E-state index contributed by atoms with van der Waals surface area (Å²) in [7, 11) is 0. The average molecular weight is 347 g/mol. The number of nitrogens with zero attached hydrogens (tertiary/aromatic N) is 2. The minimum absolute atomic E-state index is 0.0550. The zero-order valence-electron chi connectivity index (χ0n) is 11.8. The van der Waals surface area contributed by atoms with E-state index in [9.17, 15) is 22.8 Å². The van der Waals surface area contributed by atoms with E-state index in [-0.39, 0.29) is 28.6 Å². The van der Waals surface area contributed by atoms with E-state index < -0.39 is 30.0 Å². The Kier molecular flexibility index (Phi) is 5.05. The van der Waals surface area contributed by atoms with E-state index in [4.69, 9.17) is 16.3 Å². The van der Waals surface area contributed by atoms with Crippen molar-refractivity contribution in [1.82, 2.24) is 9.78 Å². The van der Waals surface area contributed by atoms with Crippen molar-refractivity contribution < 1.29 is 27.5 Å². The number of carbonyl (C=O) groups is 2. The first-order valence-electron chi connectivity index (χ1n) is 6.41. The van der Waals surface area contributed by atoms with Crippen molar-refractivity contribution >= 4 is 23.9 Å². The molecule has 5 nitrogen and oxygen atoms in total. The fourth-order valence-corrected chi connectivity index (χ4v) is 2.09. The normalized spacial score (nSPS) is 10.7. The standard InChI is InChI=1S/C14H10ClF3N2O3/c1-2-23-14(22)12-8(6-21)13(15)20(19-12)5-7-3-10(17)11(18)4-9(7)16/h3-4,6H,2,5H2,1H3. The fraction of sp³-hybridized carbons (Fsp3) is 0.214. The number of esters is 1. The number of aldehydes is 1. The summed E-state index contributed by atoms with van der Waals surface area (Å²) in [5.74, 6) is -4.47. The SMILES string of the molecule is CCOC(=O)c1nn(Cc2cc(F)c(F)cc2F)c(Cl)c1C=O. The number of hydrogen-bond acceptors (Lipinski definition) is 4. The molecule has 2 rings (SSSR count). The summed E-state index contributed by atoms with van der Waals surface area (Å²) in [4.78, 5) is 22.8. The molecule has 0 radical (unpaired) electrons. The molecule has 122 valence electrons. The van der Waals surface area contributed by atoms with E-state index in [0.29, 0.717) is 18.4 Å². The van der Waals surface area contributed by atoms with Gasteiger partial charge in [0.05, 0.1) is 18.7 Å². The van der Waals surface area contributed by atoms with Crippen molar-refractivity contribution in [3.63, 3.8) is 0 Å². The highest BCUT2D eigenvalue weighted by atomic mass is 35.5. The van der Waals surface area contributed by atoms with Gasteiger partial charge in [0, 0.05) is 11.6 Å². The highest BCUT2D eigenvalue weighted by molar-refractivity contribution is 6.32. The summed E-state index contributed by atoms with van der Waals surface area (Å²) in [6.07, 6.45) is 0.305. The summed E-state index contributed by atoms with van der Waals surface area (Å²) >= 11 is 5.92. The summed E-state index contributed by atoms with van der Waals surface area (Å²) in [5.41, 5.74) is -0.816. The summed E-state index contributed by atoms with van der Waals surface area (Å²) in [6, 6.07) is 1.03. The van der Waals surface area contributed by atoms with Crippen molar-refractivity contribution in [2.75, 3.05) is 6.61 Å². The Balaban J connectivity index is 2.43. The number of hydrogen-bond donors (Lipinski definition) is 0. The van der Waals surface area contributed by atoms with Crippen LogP contribution in [0.5, 0.6) is 0 Å². The topological polar surface area (TPSA) is 61.2 Å². The molecule has 0 spiro atoms. The Morgan fingerprint density at radius 3 is 2.57 bits per heavy atom. The van der Waals surface area contributed by atoms with Gasteiger partial charge in [-0.15, -0.1) is 0 Å². The number of rotatable bonds is 5. The number of halogens is 4. The van der Waals surface area contributed by atoms with Crippen LogP contribution in [-0.4, -0.2) is 28.6 Å². The van der Waals surface area contributed by atoms with Crippen LogP contribution in [0, 0.1) is 17.5 Å². The minimum Gasteiger partial charge on any atom is -0.461 e. The summed E-state index contributed by atoms with van der Waals surface area (Å²) in [5, 5.41) is 3.54. The molecule has 0 fully saturated rings. The Hall–Kier alpha value is -2.35. The maximum absolute atomic E-state index is 13.7. The number of benzene rings is 1. The Bertz CT molecular complexity index is 777. The van der Waals surface area contributed by atoms with E-state index in [2.05, 4.69) is 5.10 Å². The zero-order chi connectivity index (χ0) is 17.1. The highest BCUT2D eigenvalue weighted by Crippen LogP contribution is 2.22. The van der Waals surface area contributed by atoms with Crippen LogP contribution in [0.3, 0.4) is 0 Å². The van der Waals surface area contributed by atoms with Crippen LogP contribution in [0.2, 0.25) is 5.15 Å². The highest BCUT2D eigenvalue weighted by Gasteiger charge is 2.23. The Morgan fingerprint density at radius 1 is 1.30 bits per heavy atom.